The van der Waals surface area contributed by atoms with Gasteiger partial charge in [-0.1, -0.05) is 12.1 Å². The minimum absolute atomic E-state index is 0.299. The highest BCUT2D eigenvalue weighted by atomic mass is 79.9. The van der Waals surface area contributed by atoms with Gasteiger partial charge in [-0.25, -0.2) is 8.42 Å². The topological polar surface area (TPSA) is 60.2 Å². The van der Waals surface area contributed by atoms with Crippen molar-refractivity contribution in [1.29, 1.82) is 0 Å². The van der Waals surface area contributed by atoms with Crippen molar-refractivity contribution < 1.29 is 8.42 Å². The molecule has 102 valence electrons. The smallest absolute Gasteiger partial charge is 0.175 e. The maximum absolute atomic E-state index is 11.6. The van der Waals surface area contributed by atoms with Crippen molar-refractivity contribution >= 4 is 37.1 Å². The van der Waals surface area contributed by atoms with Crippen molar-refractivity contribution in [3.8, 4) is 0 Å². The van der Waals surface area contributed by atoms with Crippen LogP contribution in [0.2, 0.25) is 0 Å². The number of nitrogens with two attached hydrogens (primary N) is 1. The third-order valence-corrected chi connectivity index (χ3v) is 6.16. The Kier molecular flexibility index (Phi) is 4.15. The third-order valence-electron chi connectivity index (χ3n) is 2.83. The SMILES string of the molecule is Cc1cc(C(N)c2cccc(S(C)(=O)=O)c2)sc1Br. The van der Waals surface area contributed by atoms with Crippen LogP contribution in [0, 0.1) is 6.92 Å². The summed E-state index contributed by atoms with van der Waals surface area (Å²) in [7, 11) is -3.21. The Morgan fingerprint density at radius 3 is 2.53 bits per heavy atom. The highest BCUT2D eigenvalue weighted by Crippen LogP contribution is 2.33. The van der Waals surface area contributed by atoms with Gasteiger partial charge in [-0.15, -0.1) is 11.3 Å². The Labute approximate surface area is 125 Å². The van der Waals surface area contributed by atoms with Crippen molar-refractivity contribution in [1.82, 2.24) is 0 Å². The molecular formula is C13H14BrNO2S2. The average molecular weight is 360 g/mol. The van der Waals surface area contributed by atoms with Gasteiger partial charge in [-0.05, 0) is 52.2 Å². The molecule has 1 heterocycles. The highest BCUT2D eigenvalue weighted by molar-refractivity contribution is 9.11. The molecule has 0 aliphatic carbocycles. The Bertz CT molecular complexity index is 688. The Morgan fingerprint density at radius 1 is 1.32 bits per heavy atom. The van der Waals surface area contributed by atoms with Crippen LogP contribution in [0.3, 0.4) is 0 Å². The minimum atomic E-state index is -3.21. The fourth-order valence-electron chi connectivity index (χ4n) is 1.74. The molecule has 0 fully saturated rings. The van der Waals surface area contributed by atoms with E-state index in [1.807, 2.05) is 19.1 Å². The van der Waals surface area contributed by atoms with Crippen LogP contribution >= 0.6 is 27.3 Å². The number of sulfone groups is 1. The molecule has 1 atom stereocenters. The molecule has 1 unspecified atom stereocenters. The molecule has 6 heteroatoms. The van der Waals surface area contributed by atoms with E-state index in [1.54, 1.807) is 29.5 Å². The van der Waals surface area contributed by atoms with Crippen LogP contribution in [-0.4, -0.2) is 14.7 Å². The van der Waals surface area contributed by atoms with Crippen LogP contribution in [0.15, 0.2) is 39.0 Å². The zero-order valence-electron chi connectivity index (χ0n) is 10.6. The number of hydrogen-bond acceptors (Lipinski definition) is 4. The molecule has 19 heavy (non-hydrogen) atoms. The molecule has 2 N–H and O–H groups in total. The number of benzene rings is 1. The van der Waals surface area contributed by atoms with E-state index in [4.69, 9.17) is 5.73 Å². The van der Waals surface area contributed by atoms with Crippen LogP contribution in [0.5, 0.6) is 0 Å². The van der Waals surface area contributed by atoms with Crippen molar-refractivity contribution in [2.75, 3.05) is 6.26 Å². The lowest BCUT2D eigenvalue weighted by atomic mass is 10.1. The van der Waals surface area contributed by atoms with E-state index >= 15 is 0 Å². The maximum atomic E-state index is 11.6. The number of hydrogen-bond donors (Lipinski definition) is 1. The molecule has 0 saturated heterocycles. The Morgan fingerprint density at radius 2 is 2.00 bits per heavy atom. The van der Waals surface area contributed by atoms with Crippen molar-refractivity contribution in [2.45, 2.75) is 17.9 Å². The lowest BCUT2D eigenvalue weighted by Crippen LogP contribution is -2.11. The van der Waals surface area contributed by atoms with Gasteiger partial charge in [0.2, 0.25) is 0 Å². The maximum Gasteiger partial charge on any atom is 0.175 e. The average Bonchev–Trinajstić information content (AvgIpc) is 2.68. The van der Waals surface area contributed by atoms with Crippen molar-refractivity contribution in [2.24, 2.45) is 5.73 Å². The van der Waals surface area contributed by atoms with Crippen molar-refractivity contribution in [3.63, 3.8) is 0 Å². The molecule has 0 aliphatic heterocycles. The van der Waals surface area contributed by atoms with Crippen LogP contribution in [0.25, 0.3) is 0 Å². The first-order valence-electron chi connectivity index (χ1n) is 5.60. The van der Waals surface area contributed by atoms with Gasteiger partial charge in [0.05, 0.1) is 14.7 Å². The molecule has 2 aromatic rings. The number of aryl methyl sites for hydroxylation is 1. The molecule has 1 aromatic heterocycles. The molecule has 1 aromatic carbocycles. The molecule has 3 nitrogen and oxygen atoms in total. The summed E-state index contributed by atoms with van der Waals surface area (Å²) in [5.74, 6) is 0. The van der Waals surface area contributed by atoms with Gasteiger partial charge in [0.25, 0.3) is 0 Å². The predicted molar refractivity (Wildman–Crippen MR) is 82.3 cm³/mol. The van der Waals surface area contributed by atoms with Gasteiger partial charge < -0.3 is 5.73 Å². The van der Waals surface area contributed by atoms with Gasteiger partial charge in [0.15, 0.2) is 9.84 Å². The minimum Gasteiger partial charge on any atom is -0.320 e. The third kappa shape index (κ3) is 3.25. The largest absolute Gasteiger partial charge is 0.320 e. The number of thiophene rings is 1. The van der Waals surface area contributed by atoms with Crippen molar-refractivity contribution in [3.05, 3.63) is 50.1 Å². The van der Waals surface area contributed by atoms with E-state index in [2.05, 4.69) is 15.9 Å². The summed E-state index contributed by atoms with van der Waals surface area (Å²) in [5, 5.41) is 0. The second kappa shape index (κ2) is 5.36. The quantitative estimate of drug-likeness (QED) is 0.914. The van der Waals surface area contributed by atoms with E-state index < -0.39 is 9.84 Å². The summed E-state index contributed by atoms with van der Waals surface area (Å²) in [6.45, 7) is 2.00. The van der Waals surface area contributed by atoms with Crippen LogP contribution < -0.4 is 5.73 Å². The fourth-order valence-corrected chi connectivity index (χ4v) is 4.02. The predicted octanol–water partition coefficient (Wildman–Crippen LogP) is 3.27. The van der Waals surface area contributed by atoms with E-state index in [-0.39, 0.29) is 6.04 Å². The first-order valence-corrected chi connectivity index (χ1v) is 9.10. The van der Waals surface area contributed by atoms with Gasteiger partial charge in [0.1, 0.15) is 0 Å². The molecule has 2 rings (SSSR count). The lowest BCUT2D eigenvalue weighted by molar-refractivity contribution is 0.601. The van der Waals surface area contributed by atoms with E-state index in [1.165, 1.54) is 6.26 Å². The highest BCUT2D eigenvalue weighted by Gasteiger charge is 2.15. The van der Waals surface area contributed by atoms with Gasteiger partial charge in [-0.2, -0.15) is 0 Å². The molecule has 0 spiro atoms. The van der Waals surface area contributed by atoms with E-state index in [0.717, 1.165) is 19.8 Å². The summed E-state index contributed by atoms with van der Waals surface area (Å²) in [5.41, 5.74) is 8.14. The zero-order chi connectivity index (χ0) is 14.2. The second-order valence-electron chi connectivity index (χ2n) is 4.43. The zero-order valence-corrected chi connectivity index (χ0v) is 13.8. The second-order valence-corrected chi connectivity index (χ2v) is 8.85. The standard InChI is InChI=1S/C13H14BrNO2S2/c1-8-6-11(18-13(8)14)12(15)9-4-3-5-10(7-9)19(2,16)17/h3-7,12H,15H2,1-2H3. The lowest BCUT2D eigenvalue weighted by Gasteiger charge is -2.11. The first kappa shape index (κ1) is 14.7. The summed E-state index contributed by atoms with van der Waals surface area (Å²) < 4.78 is 24.2. The number of halogens is 1. The Hall–Kier alpha value is -0.690. The van der Waals surface area contributed by atoms with Gasteiger partial charge >= 0.3 is 0 Å². The summed E-state index contributed by atoms with van der Waals surface area (Å²) in [6.07, 6.45) is 1.20. The molecule has 0 amide bonds. The normalized spacial score (nSPS) is 13.5. The van der Waals surface area contributed by atoms with Gasteiger partial charge in [-0.3, -0.25) is 0 Å². The van der Waals surface area contributed by atoms with E-state index in [9.17, 15) is 8.42 Å². The van der Waals surface area contributed by atoms with Crippen LogP contribution in [-0.2, 0) is 9.84 Å². The molecule has 0 bridgehead atoms. The molecular weight excluding hydrogens is 346 g/mol. The summed E-state index contributed by atoms with van der Waals surface area (Å²) >= 11 is 5.04. The monoisotopic (exact) mass is 359 g/mol. The molecule has 0 saturated carbocycles. The fraction of sp³-hybridized carbons (Fsp3) is 0.231. The van der Waals surface area contributed by atoms with Crippen LogP contribution in [0.1, 0.15) is 22.0 Å². The summed E-state index contributed by atoms with van der Waals surface area (Å²) in [4.78, 5) is 1.31. The number of rotatable bonds is 3. The van der Waals surface area contributed by atoms with E-state index in [0.29, 0.717) is 4.90 Å². The Balaban J connectivity index is 2.42. The molecule has 0 radical (unpaired) electrons. The molecule has 0 aliphatic rings. The van der Waals surface area contributed by atoms with Crippen LogP contribution in [0.4, 0.5) is 0 Å². The summed E-state index contributed by atoms with van der Waals surface area (Å²) in [6, 6.07) is 8.51. The van der Waals surface area contributed by atoms with Gasteiger partial charge in [0, 0.05) is 11.1 Å². The first-order chi connectivity index (χ1) is 8.79.